The molecule has 3 saturated carbocycles. The molecule has 4 heteroatoms. The summed E-state index contributed by atoms with van der Waals surface area (Å²) in [6.45, 7) is 7.93. The first-order valence-electron chi connectivity index (χ1n) is 12.6. The lowest BCUT2D eigenvalue weighted by Crippen LogP contribution is -2.45. The third-order valence-electron chi connectivity index (χ3n) is 8.73. The van der Waals surface area contributed by atoms with Gasteiger partial charge in [-0.2, -0.15) is 0 Å². The van der Waals surface area contributed by atoms with E-state index < -0.39 is 0 Å². The Morgan fingerprint density at radius 1 is 0.929 bits per heavy atom. The number of fused-ring (bicyclic) bond motifs is 1. The first-order chi connectivity index (χ1) is 13.7. The molecule has 4 rings (SSSR count). The Hall–Kier alpha value is -0.160. The van der Waals surface area contributed by atoms with E-state index in [-0.39, 0.29) is 0 Å². The molecule has 0 bridgehead atoms. The molecule has 0 aromatic carbocycles. The van der Waals surface area contributed by atoms with Gasteiger partial charge >= 0.3 is 0 Å². The predicted molar refractivity (Wildman–Crippen MR) is 118 cm³/mol. The molecule has 5 atom stereocenters. The second kappa shape index (κ2) is 10.2. The van der Waals surface area contributed by atoms with Gasteiger partial charge in [-0.05, 0) is 93.9 Å². The van der Waals surface area contributed by atoms with Gasteiger partial charge in [0, 0.05) is 38.4 Å². The fourth-order valence-electron chi connectivity index (χ4n) is 7.13. The summed E-state index contributed by atoms with van der Waals surface area (Å²) < 4.78 is 0. The minimum absolute atomic E-state index is 0.768. The van der Waals surface area contributed by atoms with Crippen molar-refractivity contribution in [3.05, 3.63) is 0 Å². The monoisotopic (exact) mass is 390 g/mol. The second-order valence-electron chi connectivity index (χ2n) is 10.8. The van der Waals surface area contributed by atoms with E-state index in [1.807, 2.05) is 0 Å². The van der Waals surface area contributed by atoms with Gasteiger partial charge in [-0.15, -0.1) is 0 Å². The van der Waals surface area contributed by atoms with E-state index in [9.17, 15) is 0 Å². The zero-order valence-electron chi connectivity index (χ0n) is 18.4. The van der Waals surface area contributed by atoms with Crippen molar-refractivity contribution in [3.8, 4) is 0 Å². The fraction of sp³-hybridized carbons (Fsp3) is 1.00. The second-order valence-corrected chi connectivity index (χ2v) is 10.8. The summed E-state index contributed by atoms with van der Waals surface area (Å²) in [4.78, 5) is 2.86. The number of nitrogens with two attached hydrogens (primary N) is 1. The summed E-state index contributed by atoms with van der Waals surface area (Å²) in [7, 11) is 0. The van der Waals surface area contributed by atoms with E-state index in [1.54, 1.807) is 0 Å². The Balaban J connectivity index is 1.24. The third kappa shape index (κ3) is 5.30. The quantitative estimate of drug-likeness (QED) is 0.582. The van der Waals surface area contributed by atoms with Crippen LogP contribution in [0.3, 0.4) is 0 Å². The molecule has 4 nitrogen and oxygen atoms in total. The Bertz CT molecular complexity index is 462. The number of rotatable bonds is 7. The van der Waals surface area contributed by atoms with Crippen LogP contribution in [-0.2, 0) is 0 Å². The van der Waals surface area contributed by atoms with Crippen LogP contribution in [0, 0.1) is 29.6 Å². The molecule has 4 aliphatic rings. The maximum Gasteiger partial charge on any atom is 0.0486 e. The van der Waals surface area contributed by atoms with Crippen LogP contribution in [0.15, 0.2) is 0 Å². The van der Waals surface area contributed by atoms with Crippen LogP contribution in [-0.4, -0.2) is 49.8 Å². The molecule has 0 spiro atoms. The lowest BCUT2D eigenvalue weighted by Gasteiger charge is -2.42. The van der Waals surface area contributed by atoms with Gasteiger partial charge in [0.15, 0.2) is 0 Å². The van der Waals surface area contributed by atoms with E-state index >= 15 is 0 Å². The Morgan fingerprint density at radius 2 is 1.75 bits per heavy atom. The summed E-state index contributed by atoms with van der Waals surface area (Å²) in [6, 6.07) is 1.62. The molecule has 28 heavy (non-hydrogen) atoms. The molecular formula is C24H46N4. The summed E-state index contributed by atoms with van der Waals surface area (Å²) in [5.74, 6) is 4.81. The van der Waals surface area contributed by atoms with Crippen molar-refractivity contribution in [1.29, 1.82) is 0 Å². The maximum absolute atomic E-state index is 5.61. The largest absolute Gasteiger partial charge is 0.329 e. The number of hydrogen-bond acceptors (Lipinski definition) is 4. The molecule has 1 heterocycles. The molecule has 4 N–H and O–H groups in total. The number of nitrogens with zero attached hydrogens (tertiary/aromatic N) is 1. The predicted octanol–water partition coefficient (Wildman–Crippen LogP) is 3.57. The van der Waals surface area contributed by atoms with Crippen molar-refractivity contribution in [2.45, 2.75) is 89.6 Å². The maximum atomic E-state index is 5.61. The molecule has 1 aliphatic heterocycles. The highest BCUT2D eigenvalue weighted by Crippen LogP contribution is 2.42. The summed E-state index contributed by atoms with van der Waals surface area (Å²) in [6.07, 6.45) is 16.1. The van der Waals surface area contributed by atoms with Crippen LogP contribution in [0.25, 0.3) is 0 Å². The van der Waals surface area contributed by atoms with Crippen molar-refractivity contribution in [1.82, 2.24) is 15.5 Å². The highest BCUT2D eigenvalue weighted by Gasteiger charge is 2.42. The van der Waals surface area contributed by atoms with Gasteiger partial charge in [0.2, 0.25) is 0 Å². The highest BCUT2D eigenvalue weighted by molar-refractivity contribution is 4.98. The van der Waals surface area contributed by atoms with Crippen molar-refractivity contribution < 1.29 is 0 Å². The zero-order valence-corrected chi connectivity index (χ0v) is 18.4. The lowest BCUT2D eigenvalue weighted by atomic mass is 9.69. The van der Waals surface area contributed by atoms with Crippen LogP contribution in [0.2, 0.25) is 0 Å². The first-order valence-corrected chi connectivity index (χ1v) is 12.6. The van der Waals surface area contributed by atoms with Crippen LogP contribution in [0.5, 0.6) is 0 Å². The van der Waals surface area contributed by atoms with E-state index in [0.29, 0.717) is 0 Å². The van der Waals surface area contributed by atoms with Gasteiger partial charge < -0.3 is 11.1 Å². The molecule has 5 unspecified atom stereocenters. The van der Waals surface area contributed by atoms with Gasteiger partial charge in [-0.1, -0.05) is 19.8 Å². The summed E-state index contributed by atoms with van der Waals surface area (Å²) in [5.41, 5.74) is 5.61. The van der Waals surface area contributed by atoms with E-state index in [4.69, 9.17) is 5.73 Å². The van der Waals surface area contributed by atoms with Gasteiger partial charge in [0.05, 0.1) is 0 Å². The molecule has 0 radical (unpaired) electrons. The van der Waals surface area contributed by atoms with E-state index in [2.05, 4.69) is 22.5 Å². The average Bonchev–Trinajstić information content (AvgIpc) is 3.11. The van der Waals surface area contributed by atoms with Gasteiger partial charge in [0.1, 0.15) is 0 Å². The topological polar surface area (TPSA) is 53.3 Å². The van der Waals surface area contributed by atoms with E-state index in [0.717, 1.165) is 61.4 Å². The van der Waals surface area contributed by atoms with Gasteiger partial charge in [-0.3, -0.25) is 10.2 Å². The van der Waals surface area contributed by atoms with Crippen molar-refractivity contribution >= 4 is 0 Å². The van der Waals surface area contributed by atoms with Crippen molar-refractivity contribution in [2.24, 2.45) is 35.3 Å². The molecule has 4 fully saturated rings. The standard InChI is InChI=1S/C24H46N4/c1-18-3-2-4-20(13-18)16-28-17-27-23-10-9-22(14-24(23)28)21-7-5-19(6-8-21)15-26-12-11-25/h18-24,26-27H,2-17,25H2,1H3. The van der Waals surface area contributed by atoms with E-state index in [1.165, 1.54) is 83.7 Å². The van der Waals surface area contributed by atoms with Gasteiger partial charge in [0.25, 0.3) is 0 Å². The molecular weight excluding hydrogens is 344 g/mol. The molecule has 0 aromatic heterocycles. The normalized spacial score (nSPS) is 42.4. The zero-order chi connectivity index (χ0) is 19.3. The number of hydrogen-bond donors (Lipinski definition) is 3. The fourth-order valence-corrected chi connectivity index (χ4v) is 7.13. The van der Waals surface area contributed by atoms with Crippen LogP contribution < -0.4 is 16.4 Å². The summed E-state index contributed by atoms with van der Waals surface area (Å²) >= 11 is 0. The average molecular weight is 391 g/mol. The third-order valence-corrected chi connectivity index (χ3v) is 8.73. The molecule has 1 saturated heterocycles. The molecule has 0 amide bonds. The molecule has 0 aromatic rings. The summed E-state index contributed by atoms with van der Waals surface area (Å²) in [5, 5.41) is 7.41. The van der Waals surface area contributed by atoms with Crippen molar-refractivity contribution in [3.63, 3.8) is 0 Å². The SMILES string of the molecule is CC1CCCC(CN2CNC3CCC(C4CCC(CNCCN)CC4)CC32)C1. The highest BCUT2D eigenvalue weighted by atomic mass is 15.3. The van der Waals surface area contributed by atoms with Crippen LogP contribution in [0.1, 0.15) is 77.6 Å². The lowest BCUT2D eigenvalue weighted by molar-refractivity contribution is 0.0944. The Morgan fingerprint density at radius 3 is 2.54 bits per heavy atom. The molecule has 162 valence electrons. The minimum atomic E-state index is 0.768. The molecule has 3 aliphatic carbocycles. The smallest absolute Gasteiger partial charge is 0.0486 e. The minimum Gasteiger partial charge on any atom is -0.329 e. The first kappa shape index (κ1) is 21.1. The van der Waals surface area contributed by atoms with Crippen molar-refractivity contribution in [2.75, 3.05) is 32.8 Å². The van der Waals surface area contributed by atoms with Crippen LogP contribution in [0.4, 0.5) is 0 Å². The number of nitrogens with one attached hydrogen (secondary N) is 2. The Labute approximate surface area is 173 Å². The Kier molecular flexibility index (Phi) is 7.71. The van der Waals surface area contributed by atoms with Gasteiger partial charge in [-0.25, -0.2) is 0 Å². The van der Waals surface area contributed by atoms with Crippen LogP contribution >= 0.6 is 0 Å².